The van der Waals surface area contributed by atoms with Crippen LogP contribution in [0.25, 0.3) is 10.8 Å². The van der Waals surface area contributed by atoms with Crippen molar-refractivity contribution in [2.24, 2.45) is 7.05 Å². The summed E-state index contributed by atoms with van der Waals surface area (Å²) in [5.41, 5.74) is 0.600. The molecule has 4 aromatic rings. The first kappa shape index (κ1) is 17.1. The van der Waals surface area contributed by atoms with Gasteiger partial charge in [0.1, 0.15) is 5.69 Å². The van der Waals surface area contributed by atoms with Crippen LogP contribution in [0.5, 0.6) is 0 Å². The van der Waals surface area contributed by atoms with Crippen molar-refractivity contribution in [3.8, 4) is 0 Å². The Bertz CT molecular complexity index is 1180. The molecule has 27 heavy (non-hydrogen) atoms. The number of pyridine rings is 1. The first-order chi connectivity index (χ1) is 13.1. The zero-order chi connectivity index (χ0) is 18.8. The van der Waals surface area contributed by atoms with Crippen molar-refractivity contribution < 1.29 is 4.79 Å². The van der Waals surface area contributed by atoms with E-state index in [1.54, 1.807) is 24.4 Å². The highest BCUT2D eigenvalue weighted by Crippen LogP contribution is 2.26. The molecule has 0 fully saturated rings. The first-order valence-corrected chi connectivity index (χ1v) is 9.10. The summed E-state index contributed by atoms with van der Waals surface area (Å²) < 4.78 is 1.94. The van der Waals surface area contributed by atoms with E-state index in [4.69, 9.17) is 0 Å². The number of imidazole rings is 1. The van der Waals surface area contributed by atoms with E-state index in [1.807, 2.05) is 54.2 Å². The Hall–Kier alpha value is -3.32. The van der Waals surface area contributed by atoms with Crippen LogP contribution in [0.15, 0.2) is 81.8 Å². The van der Waals surface area contributed by atoms with E-state index in [1.165, 1.54) is 11.8 Å². The van der Waals surface area contributed by atoms with Crippen molar-refractivity contribution in [1.82, 2.24) is 14.5 Å². The second-order valence-corrected chi connectivity index (χ2v) is 7.04. The Morgan fingerprint density at radius 3 is 2.67 bits per heavy atom. The first-order valence-electron chi connectivity index (χ1n) is 8.29. The van der Waals surface area contributed by atoms with Gasteiger partial charge in [0.25, 0.3) is 11.5 Å². The number of aryl methyl sites for hydroxylation is 1. The van der Waals surface area contributed by atoms with Gasteiger partial charge in [-0.25, -0.2) is 4.98 Å². The van der Waals surface area contributed by atoms with Gasteiger partial charge in [0.2, 0.25) is 0 Å². The molecule has 0 radical (unpaired) electrons. The van der Waals surface area contributed by atoms with E-state index < -0.39 is 0 Å². The normalized spacial score (nSPS) is 10.9. The number of aromatic nitrogens is 3. The number of amides is 1. The zero-order valence-electron chi connectivity index (χ0n) is 14.5. The van der Waals surface area contributed by atoms with Crippen LogP contribution < -0.4 is 10.9 Å². The van der Waals surface area contributed by atoms with Gasteiger partial charge in [-0.1, -0.05) is 30.0 Å². The molecule has 0 atom stereocenters. The number of nitrogens with zero attached hydrogens (tertiary/aromatic N) is 2. The number of carbonyl (C=O) groups excluding carboxylic acids is 1. The molecular weight excluding hydrogens is 360 g/mol. The Morgan fingerprint density at radius 2 is 1.93 bits per heavy atom. The molecule has 0 saturated heterocycles. The quantitative estimate of drug-likeness (QED) is 0.570. The maximum absolute atomic E-state index is 12.5. The standard InChI is InChI=1S/C20H16N4O2S/c1-24-11-10-21-20(24)27-15-8-6-14(7-9-15)22-19(26)17-12-13-4-2-3-5-16(13)18(25)23-17/h2-12H,1H3,(H,22,26)(H,23,25). The Balaban J connectivity index is 1.51. The van der Waals surface area contributed by atoms with Crippen molar-refractivity contribution in [2.75, 3.05) is 5.32 Å². The summed E-state index contributed by atoms with van der Waals surface area (Å²) >= 11 is 1.54. The van der Waals surface area contributed by atoms with Crippen LogP contribution in [-0.4, -0.2) is 20.4 Å². The van der Waals surface area contributed by atoms with Crippen molar-refractivity contribution in [1.29, 1.82) is 0 Å². The Labute approximate surface area is 159 Å². The average Bonchev–Trinajstić information content (AvgIpc) is 3.08. The molecule has 4 rings (SSSR count). The molecule has 134 valence electrons. The summed E-state index contributed by atoms with van der Waals surface area (Å²) in [6.45, 7) is 0. The number of rotatable bonds is 4. The summed E-state index contributed by atoms with van der Waals surface area (Å²) in [5.74, 6) is -0.359. The highest BCUT2D eigenvalue weighted by molar-refractivity contribution is 7.99. The van der Waals surface area contributed by atoms with Crippen molar-refractivity contribution in [2.45, 2.75) is 10.1 Å². The molecule has 6 nitrogen and oxygen atoms in total. The molecule has 0 unspecified atom stereocenters. The van der Waals surface area contributed by atoms with Crippen LogP contribution in [-0.2, 0) is 7.05 Å². The third-order valence-electron chi connectivity index (χ3n) is 4.10. The second-order valence-electron chi connectivity index (χ2n) is 6.00. The second kappa shape index (κ2) is 7.13. The Morgan fingerprint density at radius 1 is 1.15 bits per heavy atom. The summed E-state index contributed by atoms with van der Waals surface area (Å²) in [5, 5.41) is 4.99. The molecule has 0 aliphatic carbocycles. The highest BCUT2D eigenvalue weighted by atomic mass is 32.2. The third kappa shape index (κ3) is 3.63. The maximum Gasteiger partial charge on any atom is 0.272 e. The predicted molar refractivity (Wildman–Crippen MR) is 106 cm³/mol. The third-order valence-corrected chi connectivity index (χ3v) is 5.18. The van der Waals surface area contributed by atoms with Gasteiger partial charge in [0.05, 0.1) is 0 Å². The fraction of sp³-hybridized carbons (Fsp3) is 0.0500. The van der Waals surface area contributed by atoms with E-state index >= 15 is 0 Å². The van der Waals surface area contributed by atoms with Crippen LogP contribution in [0.3, 0.4) is 0 Å². The number of fused-ring (bicyclic) bond motifs is 1. The SMILES string of the molecule is Cn1ccnc1Sc1ccc(NC(=O)c2cc3ccccc3c(=O)[nH]2)cc1. The lowest BCUT2D eigenvalue weighted by atomic mass is 10.1. The van der Waals surface area contributed by atoms with E-state index in [0.29, 0.717) is 11.1 Å². The number of hydrogen-bond acceptors (Lipinski definition) is 4. The predicted octanol–water partition coefficient (Wildman–Crippen LogP) is 3.67. The van der Waals surface area contributed by atoms with E-state index in [0.717, 1.165) is 15.4 Å². The lowest BCUT2D eigenvalue weighted by Crippen LogP contribution is -2.18. The van der Waals surface area contributed by atoms with Crippen molar-refractivity contribution in [3.05, 3.63) is 83.0 Å². The molecule has 0 spiro atoms. The van der Waals surface area contributed by atoms with Crippen molar-refractivity contribution >= 4 is 34.1 Å². The van der Waals surface area contributed by atoms with E-state index in [2.05, 4.69) is 15.3 Å². The minimum atomic E-state index is -0.359. The van der Waals surface area contributed by atoms with Crippen LogP contribution in [0.4, 0.5) is 5.69 Å². The van der Waals surface area contributed by atoms with E-state index in [9.17, 15) is 9.59 Å². The largest absolute Gasteiger partial charge is 0.329 e. The molecular formula is C20H16N4O2S. The van der Waals surface area contributed by atoms with Gasteiger partial charge in [0, 0.05) is 35.4 Å². The van der Waals surface area contributed by atoms with Gasteiger partial charge in [-0.05, 0) is 41.8 Å². The smallest absolute Gasteiger partial charge is 0.272 e. The molecule has 2 aromatic heterocycles. The highest BCUT2D eigenvalue weighted by Gasteiger charge is 2.10. The number of H-pyrrole nitrogens is 1. The fourth-order valence-electron chi connectivity index (χ4n) is 2.69. The van der Waals surface area contributed by atoms with Gasteiger partial charge in [-0.15, -0.1) is 0 Å². The topological polar surface area (TPSA) is 79.8 Å². The lowest BCUT2D eigenvalue weighted by Gasteiger charge is -2.07. The van der Waals surface area contributed by atoms with Gasteiger partial charge >= 0.3 is 0 Å². The number of carbonyl (C=O) groups is 1. The van der Waals surface area contributed by atoms with Crippen LogP contribution >= 0.6 is 11.8 Å². The summed E-state index contributed by atoms with van der Waals surface area (Å²) in [7, 11) is 1.94. The van der Waals surface area contributed by atoms with Crippen LogP contribution in [0, 0.1) is 0 Å². The molecule has 0 bridgehead atoms. The van der Waals surface area contributed by atoms with Crippen LogP contribution in [0.1, 0.15) is 10.5 Å². The minimum absolute atomic E-state index is 0.227. The number of aromatic amines is 1. The van der Waals surface area contributed by atoms with Gasteiger partial charge in [-0.3, -0.25) is 9.59 Å². The summed E-state index contributed by atoms with van der Waals surface area (Å²) in [6.07, 6.45) is 3.64. The van der Waals surface area contributed by atoms with Crippen LogP contribution in [0.2, 0.25) is 0 Å². The molecule has 1 amide bonds. The number of hydrogen-bond donors (Lipinski definition) is 2. The average molecular weight is 376 g/mol. The van der Waals surface area contributed by atoms with Gasteiger partial charge in [-0.2, -0.15) is 0 Å². The molecule has 0 aliphatic heterocycles. The van der Waals surface area contributed by atoms with Gasteiger partial charge in [0.15, 0.2) is 5.16 Å². The summed E-state index contributed by atoms with van der Waals surface area (Å²) in [4.78, 5) is 32.6. The van der Waals surface area contributed by atoms with Gasteiger partial charge < -0.3 is 14.9 Å². The monoisotopic (exact) mass is 376 g/mol. The fourth-order valence-corrected chi connectivity index (χ4v) is 3.50. The molecule has 0 aliphatic rings. The maximum atomic E-state index is 12.5. The zero-order valence-corrected chi connectivity index (χ0v) is 15.3. The molecule has 7 heteroatoms. The number of anilines is 1. The lowest BCUT2D eigenvalue weighted by molar-refractivity contribution is 0.102. The van der Waals surface area contributed by atoms with Crippen molar-refractivity contribution in [3.63, 3.8) is 0 Å². The minimum Gasteiger partial charge on any atom is -0.329 e. The number of benzene rings is 2. The Kier molecular flexibility index (Phi) is 4.52. The van der Waals surface area contributed by atoms with E-state index in [-0.39, 0.29) is 17.2 Å². The summed E-state index contributed by atoms with van der Waals surface area (Å²) in [6, 6.07) is 16.3. The molecule has 0 saturated carbocycles. The molecule has 2 heterocycles. The number of nitrogens with one attached hydrogen (secondary N) is 2. The molecule has 2 N–H and O–H groups in total. The molecule has 2 aromatic carbocycles.